The highest BCUT2D eigenvalue weighted by atomic mass is 17.1. The van der Waals surface area contributed by atoms with E-state index in [2.05, 4.69) is 0 Å². The molecule has 0 radical (unpaired) electrons. The quantitative estimate of drug-likeness (QED) is 0.565. The summed E-state index contributed by atoms with van der Waals surface area (Å²) in [5.74, 6) is 0.258. The van der Waals surface area contributed by atoms with Gasteiger partial charge in [-0.25, -0.2) is 4.89 Å². The molecule has 0 bridgehead atoms. The fraction of sp³-hybridized carbons (Fsp3) is 0.917. The van der Waals surface area contributed by atoms with Crippen molar-refractivity contribution in [2.45, 2.75) is 63.4 Å². The topological polar surface area (TPSA) is 46.5 Å². The van der Waals surface area contributed by atoms with E-state index in [9.17, 15) is 4.79 Å². The van der Waals surface area contributed by atoms with Crippen molar-refractivity contribution in [2.75, 3.05) is 0 Å². The minimum atomic E-state index is -0.532. The second-order valence-corrected chi connectivity index (χ2v) is 4.98. The van der Waals surface area contributed by atoms with Crippen molar-refractivity contribution >= 4 is 5.78 Å². The fourth-order valence-corrected chi connectivity index (χ4v) is 3.19. The zero-order valence-corrected chi connectivity index (χ0v) is 9.21. The number of ketones is 1. The molecule has 0 amide bonds. The van der Waals surface area contributed by atoms with Gasteiger partial charge >= 0.3 is 0 Å². The molecular formula is C12H20O3. The van der Waals surface area contributed by atoms with E-state index in [1.165, 1.54) is 6.42 Å². The molecule has 2 aliphatic rings. The summed E-state index contributed by atoms with van der Waals surface area (Å²) < 4.78 is 0. The SMILES string of the molecule is O=C1CCCCC1C1(OO)CCCCC1. The molecule has 2 saturated carbocycles. The Bertz CT molecular complexity index is 231. The van der Waals surface area contributed by atoms with Crippen LogP contribution >= 0.6 is 0 Å². The van der Waals surface area contributed by atoms with Crippen LogP contribution in [0, 0.1) is 5.92 Å². The van der Waals surface area contributed by atoms with Gasteiger partial charge in [0.15, 0.2) is 0 Å². The van der Waals surface area contributed by atoms with Gasteiger partial charge in [0.05, 0.1) is 0 Å². The molecular weight excluding hydrogens is 192 g/mol. The Morgan fingerprint density at radius 3 is 2.47 bits per heavy atom. The van der Waals surface area contributed by atoms with Crippen molar-refractivity contribution in [1.82, 2.24) is 0 Å². The first kappa shape index (κ1) is 11.1. The van der Waals surface area contributed by atoms with Gasteiger partial charge in [0.25, 0.3) is 0 Å². The van der Waals surface area contributed by atoms with Crippen molar-refractivity contribution < 1.29 is 14.9 Å². The van der Waals surface area contributed by atoms with Crippen LogP contribution in [-0.4, -0.2) is 16.6 Å². The van der Waals surface area contributed by atoms with Crippen molar-refractivity contribution in [3.63, 3.8) is 0 Å². The van der Waals surface area contributed by atoms with Crippen LogP contribution < -0.4 is 0 Å². The highest BCUT2D eigenvalue weighted by molar-refractivity contribution is 5.82. The number of rotatable bonds is 2. The summed E-state index contributed by atoms with van der Waals surface area (Å²) in [7, 11) is 0. The highest BCUT2D eigenvalue weighted by Crippen LogP contribution is 2.42. The molecule has 1 atom stereocenters. The molecule has 0 heterocycles. The van der Waals surface area contributed by atoms with E-state index in [0.29, 0.717) is 12.2 Å². The van der Waals surface area contributed by atoms with Gasteiger partial charge in [-0.15, -0.1) is 0 Å². The Morgan fingerprint density at radius 1 is 1.13 bits per heavy atom. The van der Waals surface area contributed by atoms with Crippen LogP contribution in [0.2, 0.25) is 0 Å². The van der Waals surface area contributed by atoms with E-state index in [-0.39, 0.29) is 5.92 Å². The van der Waals surface area contributed by atoms with Crippen molar-refractivity contribution in [2.24, 2.45) is 5.92 Å². The van der Waals surface area contributed by atoms with Crippen LogP contribution in [0.25, 0.3) is 0 Å². The molecule has 0 aromatic carbocycles. The minimum Gasteiger partial charge on any atom is -0.299 e. The molecule has 2 rings (SSSR count). The minimum absolute atomic E-state index is 0.0449. The van der Waals surface area contributed by atoms with Crippen LogP contribution in [0.5, 0.6) is 0 Å². The third kappa shape index (κ3) is 2.08. The Kier molecular flexibility index (Phi) is 3.42. The molecule has 86 valence electrons. The van der Waals surface area contributed by atoms with Gasteiger partial charge < -0.3 is 0 Å². The van der Waals surface area contributed by atoms with Crippen molar-refractivity contribution in [1.29, 1.82) is 0 Å². The Labute approximate surface area is 90.7 Å². The second-order valence-electron chi connectivity index (χ2n) is 4.98. The van der Waals surface area contributed by atoms with E-state index in [1.807, 2.05) is 0 Å². The number of hydrogen-bond acceptors (Lipinski definition) is 3. The zero-order valence-electron chi connectivity index (χ0n) is 9.21. The average molecular weight is 212 g/mol. The molecule has 0 spiro atoms. The van der Waals surface area contributed by atoms with Gasteiger partial charge in [0.2, 0.25) is 0 Å². The second kappa shape index (κ2) is 4.62. The summed E-state index contributed by atoms with van der Waals surface area (Å²) in [6.07, 6.45) is 8.73. The lowest BCUT2D eigenvalue weighted by atomic mass is 9.69. The predicted molar refractivity (Wildman–Crippen MR) is 56.5 cm³/mol. The summed E-state index contributed by atoms with van der Waals surface area (Å²) in [5, 5.41) is 9.16. The summed E-state index contributed by atoms with van der Waals surface area (Å²) >= 11 is 0. The molecule has 1 unspecified atom stereocenters. The third-order valence-corrected chi connectivity index (χ3v) is 4.07. The summed E-state index contributed by atoms with van der Waals surface area (Å²) in [6.45, 7) is 0. The lowest BCUT2D eigenvalue weighted by Crippen LogP contribution is -2.46. The molecule has 0 aromatic heterocycles. The Hall–Kier alpha value is -0.410. The summed E-state index contributed by atoms with van der Waals surface area (Å²) in [5.41, 5.74) is -0.532. The number of carbonyl (C=O) groups excluding carboxylic acids is 1. The van der Waals surface area contributed by atoms with Crippen LogP contribution in [0.3, 0.4) is 0 Å². The maximum Gasteiger partial charge on any atom is 0.138 e. The number of hydrogen-bond donors (Lipinski definition) is 1. The van der Waals surface area contributed by atoms with Gasteiger partial charge in [-0.3, -0.25) is 10.1 Å². The largest absolute Gasteiger partial charge is 0.299 e. The van der Waals surface area contributed by atoms with Crippen molar-refractivity contribution in [3.05, 3.63) is 0 Å². The normalized spacial score (nSPS) is 31.5. The van der Waals surface area contributed by atoms with Crippen LogP contribution in [0.1, 0.15) is 57.8 Å². The lowest BCUT2D eigenvalue weighted by molar-refractivity contribution is -0.343. The van der Waals surface area contributed by atoms with Gasteiger partial charge in [0, 0.05) is 12.3 Å². The smallest absolute Gasteiger partial charge is 0.138 e. The van der Waals surface area contributed by atoms with E-state index in [0.717, 1.165) is 44.9 Å². The molecule has 2 aliphatic carbocycles. The molecule has 1 N–H and O–H groups in total. The predicted octanol–water partition coefficient (Wildman–Crippen LogP) is 2.94. The van der Waals surface area contributed by atoms with Crippen molar-refractivity contribution in [3.8, 4) is 0 Å². The number of Topliss-reactive ketones (excluding diaryl/α,β-unsaturated/α-hetero) is 1. The third-order valence-electron chi connectivity index (χ3n) is 4.07. The van der Waals surface area contributed by atoms with Crippen LogP contribution in [-0.2, 0) is 9.68 Å². The Morgan fingerprint density at radius 2 is 1.87 bits per heavy atom. The fourth-order valence-electron chi connectivity index (χ4n) is 3.19. The molecule has 0 saturated heterocycles. The van der Waals surface area contributed by atoms with E-state index < -0.39 is 5.60 Å². The van der Waals surface area contributed by atoms with Gasteiger partial charge in [-0.05, 0) is 25.7 Å². The first-order valence-electron chi connectivity index (χ1n) is 6.14. The summed E-state index contributed by atoms with van der Waals surface area (Å²) in [4.78, 5) is 16.6. The van der Waals surface area contributed by atoms with Crippen LogP contribution in [0.15, 0.2) is 0 Å². The molecule has 0 aliphatic heterocycles. The molecule has 0 aromatic rings. The molecule has 3 heteroatoms. The van der Waals surface area contributed by atoms with Crippen LogP contribution in [0.4, 0.5) is 0 Å². The first-order valence-corrected chi connectivity index (χ1v) is 6.14. The van der Waals surface area contributed by atoms with E-state index in [4.69, 9.17) is 10.1 Å². The average Bonchev–Trinajstić information content (AvgIpc) is 2.30. The Balaban J connectivity index is 2.12. The van der Waals surface area contributed by atoms with E-state index in [1.54, 1.807) is 0 Å². The lowest BCUT2D eigenvalue weighted by Gasteiger charge is -2.41. The maximum atomic E-state index is 11.9. The van der Waals surface area contributed by atoms with Gasteiger partial charge in [0.1, 0.15) is 11.4 Å². The van der Waals surface area contributed by atoms with Gasteiger partial charge in [-0.2, -0.15) is 0 Å². The standard InChI is InChI=1S/C12H20O3/c13-11-7-3-2-6-10(11)12(15-14)8-4-1-5-9-12/h10,14H,1-9H2. The molecule has 2 fully saturated rings. The van der Waals surface area contributed by atoms with E-state index >= 15 is 0 Å². The summed E-state index contributed by atoms with van der Waals surface area (Å²) in [6, 6.07) is 0. The first-order chi connectivity index (χ1) is 7.28. The monoisotopic (exact) mass is 212 g/mol. The van der Waals surface area contributed by atoms with Gasteiger partial charge in [-0.1, -0.05) is 25.7 Å². The maximum absolute atomic E-state index is 11.9. The zero-order chi connectivity index (χ0) is 10.7. The molecule has 15 heavy (non-hydrogen) atoms. The highest BCUT2D eigenvalue weighted by Gasteiger charge is 2.45. The molecule has 3 nitrogen and oxygen atoms in total. The number of carbonyl (C=O) groups is 1.